The van der Waals surface area contributed by atoms with Crippen LogP contribution in [0.1, 0.15) is 43.0 Å². The summed E-state index contributed by atoms with van der Waals surface area (Å²) in [5.41, 5.74) is 1.12. The van der Waals surface area contributed by atoms with Gasteiger partial charge in [0.2, 0.25) is 10.0 Å². The summed E-state index contributed by atoms with van der Waals surface area (Å²) in [6.45, 7) is 2.55. The monoisotopic (exact) mass is 349 g/mol. The van der Waals surface area contributed by atoms with Gasteiger partial charge in [-0.1, -0.05) is 38.0 Å². The summed E-state index contributed by atoms with van der Waals surface area (Å²) >= 11 is 1.74. The molecule has 0 atom stereocenters. The highest BCUT2D eigenvalue weighted by Crippen LogP contribution is 2.42. The molecule has 0 amide bonds. The molecule has 3 rings (SSSR count). The van der Waals surface area contributed by atoms with Crippen LogP contribution in [-0.4, -0.2) is 15.0 Å². The zero-order valence-electron chi connectivity index (χ0n) is 13.4. The van der Waals surface area contributed by atoms with E-state index in [-0.39, 0.29) is 5.41 Å². The predicted molar refractivity (Wildman–Crippen MR) is 95.5 cm³/mol. The number of aryl methyl sites for hydroxylation is 1. The van der Waals surface area contributed by atoms with Crippen molar-refractivity contribution in [1.29, 1.82) is 0 Å². The Bertz CT molecular complexity index is 728. The fourth-order valence-corrected chi connectivity index (χ4v) is 5.48. The number of hydrogen-bond acceptors (Lipinski definition) is 3. The topological polar surface area (TPSA) is 46.2 Å². The first-order chi connectivity index (χ1) is 11.1. The maximum absolute atomic E-state index is 12.6. The summed E-state index contributed by atoms with van der Waals surface area (Å²) in [6.07, 6.45) is 5.38. The van der Waals surface area contributed by atoms with Gasteiger partial charge in [-0.3, -0.25) is 0 Å². The third-order valence-corrected chi connectivity index (χ3v) is 7.38. The minimum absolute atomic E-state index is 0.0232. The second kappa shape index (κ2) is 6.75. The molecular weight excluding hydrogens is 326 g/mol. The SMILES string of the molecule is CCc1ccc(S(=O)(=O)NCC2(c3cccs3)CCCC2)cc1. The largest absolute Gasteiger partial charge is 0.240 e. The van der Waals surface area contributed by atoms with Crippen molar-refractivity contribution in [1.82, 2.24) is 4.72 Å². The van der Waals surface area contributed by atoms with Gasteiger partial charge in [0.25, 0.3) is 0 Å². The van der Waals surface area contributed by atoms with Crippen LogP contribution in [0.3, 0.4) is 0 Å². The average molecular weight is 350 g/mol. The molecule has 0 aliphatic heterocycles. The van der Waals surface area contributed by atoms with E-state index in [9.17, 15) is 8.42 Å². The van der Waals surface area contributed by atoms with Gasteiger partial charge in [0, 0.05) is 16.8 Å². The molecule has 124 valence electrons. The lowest BCUT2D eigenvalue weighted by Crippen LogP contribution is -2.38. The van der Waals surface area contributed by atoms with Gasteiger partial charge < -0.3 is 0 Å². The molecule has 23 heavy (non-hydrogen) atoms. The van der Waals surface area contributed by atoms with E-state index >= 15 is 0 Å². The van der Waals surface area contributed by atoms with Crippen LogP contribution in [0.5, 0.6) is 0 Å². The summed E-state index contributed by atoms with van der Waals surface area (Å²) in [5.74, 6) is 0. The summed E-state index contributed by atoms with van der Waals surface area (Å²) in [6, 6.07) is 11.4. The highest BCUT2D eigenvalue weighted by atomic mass is 32.2. The maximum Gasteiger partial charge on any atom is 0.240 e. The van der Waals surface area contributed by atoms with E-state index < -0.39 is 10.0 Å². The van der Waals surface area contributed by atoms with Crippen molar-refractivity contribution < 1.29 is 8.42 Å². The summed E-state index contributed by atoms with van der Waals surface area (Å²) in [5, 5.41) is 2.08. The van der Waals surface area contributed by atoms with Crippen LogP contribution in [0.15, 0.2) is 46.7 Å². The van der Waals surface area contributed by atoms with E-state index in [1.54, 1.807) is 23.5 Å². The van der Waals surface area contributed by atoms with Gasteiger partial charge >= 0.3 is 0 Å². The summed E-state index contributed by atoms with van der Waals surface area (Å²) in [7, 11) is -3.45. The molecular formula is C18H23NO2S2. The van der Waals surface area contributed by atoms with Crippen LogP contribution < -0.4 is 4.72 Å². The molecule has 1 saturated carbocycles. The van der Waals surface area contributed by atoms with Gasteiger partial charge in [0.1, 0.15) is 0 Å². The molecule has 0 radical (unpaired) electrons. The van der Waals surface area contributed by atoms with E-state index in [0.717, 1.165) is 24.8 Å². The number of nitrogens with one attached hydrogen (secondary N) is 1. The van der Waals surface area contributed by atoms with E-state index in [2.05, 4.69) is 29.2 Å². The van der Waals surface area contributed by atoms with Gasteiger partial charge in [0.15, 0.2) is 0 Å². The minimum atomic E-state index is -3.45. The summed E-state index contributed by atoms with van der Waals surface area (Å²) in [4.78, 5) is 1.66. The van der Waals surface area contributed by atoms with Crippen LogP contribution in [0.2, 0.25) is 0 Å². The molecule has 2 aromatic rings. The maximum atomic E-state index is 12.6. The third kappa shape index (κ3) is 3.52. The summed E-state index contributed by atoms with van der Waals surface area (Å²) < 4.78 is 28.0. The molecule has 0 unspecified atom stereocenters. The second-order valence-corrected chi connectivity index (χ2v) is 9.00. The third-order valence-electron chi connectivity index (χ3n) is 4.85. The highest BCUT2D eigenvalue weighted by molar-refractivity contribution is 7.89. The van der Waals surface area contributed by atoms with Gasteiger partial charge in [-0.15, -0.1) is 11.3 Å². The molecule has 1 aromatic carbocycles. The molecule has 1 aromatic heterocycles. The van der Waals surface area contributed by atoms with E-state index in [1.165, 1.54) is 17.7 Å². The molecule has 1 aliphatic rings. The first-order valence-corrected chi connectivity index (χ1v) is 10.5. The van der Waals surface area contributed by atoms with Crippen LogP contribution in [0.25, 0.3) is 0 Å². The number of sulfonamides is 1. The van der Waals surface area contributed by atoms with Crippen LogP contribution in [0.4, 0.5) is 0 Å². The Morgan fingerprint density at radius 1 is 1.13 bits per heavy atom. The molecule has 1 fully saturated rings. The number of rotatable bonds is 6. The molecule has 0 spiro atoms. The molecule has 0 saturated heterocycles. The Morgan fingerprint density at radius 2 is 1.83 bits per heavy atom. The highest BCUT2D eigenvalue weighted by Gasteiger charge is 2.37. The van der Waals surface area contributed by atoms with Crippen molar-refractivity contribution in [3.63, 3.8) is 0 Å². The Hall–Kier alpha value is -1.17. The smallest absolute Gasteiger partial charge is 0.210 e. The van der Waals surface area contributed by atoms with Gasteiger partial charge in [-0.05, 0) is 48.4 Å². The number of thiophene rings is 1. The molecule has 1 aliphatic carbocycles. The number of benzene rings is 1. The Labute approximate surface area is 142 Å². The first kappa shape index (κ1) is 16.7. The van der Waals surface area contributed by atoms with Crippen molar-refractivity contribution in [2.75, 3.05) is 6.54 Å². The van der Waals surface area contributed by atoms with Crippen LogP contribution in [-0.2, 0) is 21.9 Å². The van der Waals surface area contributed by atoms with E-state index in [0.29, 0.717) is 11.4 Å². The lowest BCUT2D eigenvalue weighted by molar-refractivity contribution is 0.440. The van der Waals surface area contributed by atoms with E-state index in [4.69, 9.17) is 0 Å². The average Bonchev–Trinajstić information content (AvgIpc) is 3.25. The lowest BCUT2D eigenvalue weighted by Gasteiger charge is -2.28. The fraction of sp³-hybridized carbons (Fsp3) is 0.444. The van der Waals surface area contributed by atoms with Crippen molar-refractivity contribution in [3.05, 3.63) is 52.2 Å². The zero-order valence-corrected chi connectivity index (χ0v) is 15.1. The van der Waals surface area contributed by atoms with Gasteiger partial charge in [0.05, 0.1) is 4.90 Å². The molecule has 1 N–H and O–H groups in total. The van der Waals surface area contributed by atoms with Crippen LogP contribution in [0, 0.1) is 0 Å². The Kier molecular flexibility index (Phi) is 4.90. The predicted octanol–water partition coefficient (Wildman–Crippen LogP) is 4.10. The number of hydrogen-bond donors (Lipinski definition) is 1. The van der Waals surface area contributed by atoms with Crippen molar-refractivity contribution >= 4 is 21.4 Å². The van der Waals surface area contributed by atoms with Crippen molar-refractivity contribution in [2.45, 2.75) is 49.3 Å². The first-order valence-electron chi connectivity index (χ1n) is 8.18. The van der Waals surface area contributed by atoms with E-state index in [1.807, 2.05) is 12.1 Å². The standard InChI is InChI=1S/C18H23NO2S2/c1-2-15-7-9-16(10-8-15)23(20,21)19-14-18(11-3-4-12-18)17-6-5-13-22-17/h5-10,13,19H,2-4,11-12,14H2,1H3. The van der Waals surface area contributed by atoms with Crippen molar-refractivity contribution in [2.24, 2.45) is 0 Å². The molecule has 5 heteroatoms. The normalized spacial score (nSPS) is 17.4. The minimum Gasteiger partial charge on any atom is -0.210 e. The van der Waals surface area contributed by atoms with Crippen molar-refractivity contribution in [3.8, 4) is 0 Å². The fourth-order valence-electron chi connectivity index (χ4n) is 3.36. The molecule has 0 bridgehead atoms. The zero-order chi connectivity index (χ0) is 16.3. The lowest BCUT2D eigenvalue weighted by atomic mass is 9.85. The van der Waals surface area contributed by atoms with Gasteiger partial charge in [-0.2, -0.15) is 0 Å². The van der Waals surface area contributed by atoms with Gasteiger partial charge in [-0.25, -0.2) is 13.1 Å². The quantitative estimate of drug-likeness (QED) is 0.853. The Balaban J connectivity index is 1.77. The second-order valence-electron chi connectivity index (χ2n) is 6.29. The molecule has 3 nitrogen and oxygen atoms in total. The van der Waals surface area contributed by atoms with Crippen LogP contribution >= 0.6 is 11.3 Å². The Morgan fingerprint density at radius 3 is 2.39 bits per heavy atom. The molecule has 1 heterocycles.